The van der Waals surface area contributed by atoms with E-state index < -0.39 is 23.5 Å². The van der Waals surface area contributed by atoms with Gasteiger partial charge in [-0.2, -0.15) is 0 Å². The molecule has 1 amide bonds. The Labute approximate surface area is 126 Å². The molecule has 1 heterocycles. The van der Waals surface area contributed by atoms with Crippen molar-refractivity contribution < 1.29 is 19.8 Å². The molecule has 22 heavy (non-hydrogen) atoms. The molecule has 6 nitrogen and oxygen atoms in total. The summed E-state index contributed by atoms with van der Waals surface area (Å²) in [5.41, 5.74) is -1.67. The summed E-state index contributed by atoms with van der Waals surface area (Å²) >= 11 is 0. The van der Waals surface area contributed by atoms with Crippen LogP contribution in [-0.4, -0.2) is 38.7 Å². The van der Waals surface area contributed by atoms with Gasteiger partial charge in [-0.1, -0.05) is 24.3 Å². The number of carboxylic acids is 1. The van der Waals surface area contributed by atoms with Gasteiger partial charge in [0.1, 0.15) is 5.69 Å². The normalized spacial score (nSPS) is 24.3. The van der Waals surface area contributed by atoms with Crippen molar-refractivity contribution in [3.8, 4) is 0 Å². The van der Waals surface area contributed by atoms with E-state index in [-0.39, 0.29) is 12.1 Å². The summed E-state index contributed by atoms with van der Waals surface area (Å²) in [5.74, 6) is -1.77. The van der Waals surface area contributed by atoms with Gasteiger partial charge in [0.2, 0.25) is 0 Å². The Morgan fingerprint density at radius 2 is 2.05 bits per heavy atom. The lowest BCUT2D eigenvalue weighted by molar-refractivity contribution is -0.159. The van der Waals surface area contributed by atoms with E-state index in [0.29, 0.717) is 18.2 Å². The molecule has 0 aliphatic heterocycles. The van der Waals surface area contributed by atoms with Crippen LogP contribution < -0.4 is 5.32 Å². The van der Waals surface area contributed by atoms with Crippen LogP contribution in [0.3, 0.4) is 0 Å². The predicted octanol–water partition coefficient (Wildman–Crippen LogP) is 1.33. The van der Waals surface area contributed by atoms with Gasteiger partial charge < -0.3 is 15.5 Å². The van der Waals surface area contributed by atoms with E-state index in [9.17, 15) is 19.8 Å². The number of nitrogens with zero attached hydrogens (tertiary/aromatic N) is 1. The van der Waals surface area contributed by atoms with Gasteiger partial charge in [0.15, 0.2) is 5.60 Å². The molecule has 1 saturated carbocycles. The number of hydrogen-bond donors (Lipinski definition) is 3. The van der Waals surface area contributed by atoms with Crippen molar-refractivity contribution in [2.24, 2.45) is 0 Å². The highest BCUT2D eigenvalue weighted by atomic mass is 16.4. The van der Waals surface area contributed by atoms with Gasteiger partial charge in [0.25, 0.3) is 5.91 Å². The van der Waals surface area contributed by atoms with E-state index in [1.165, 1.54) is 6.20 Å². The summed E-state index contributed by atoms with van der Waals surface area (Å²) in [6, 6.07) is 8.33. The smallest absolute Gasteiger partial charge is 0.337 e. The number of hydrogen-bond acceptors (Lipinski definition) is 4. The SMILES string of the molecule is O=C(NC1CCCC1(O)C(=O)O)c1nccc2ccccc12. The maximum Gasteiger partial charge on any atom is 0.337 e. The van der Waals surface area contributed by atoms with Crippen LogP contribution in [0, 0.1) is 0 Å². The standard InChI is InChI=1S/C16H16N2O4/c19-14(18-12-6-3-8-16(12,22)15(20)21)13-11-5-2-1-4-10(11)7-9-17-13/h1-2,4-5,7,9,12,22H,3,6,8H2,(H,18,19)(H,20,21). The molecule has 0 radical (unpaired) electrons. The van der Waals surface area contributed by atoms with Crippen molar-refractivity contribution >= 4 is 22.6 Å². The van der Waals surface area contributed by atoms with E-state index in [4.69, 9.17) is 0 Å². The second-order valence-electron chi connectivity index (χ2n) is 5.53. The number of fused-ring (bicyclic) bond motifs is 1. The third-order valence-corrected chi connectivity index (χ3v) is 4.19. The first-order valence-electron chi connectivity index (χ1n) is 7.13. The first-order chi connectivity index (χ1) is 10.5. The Balaban J connectivity index is 1.90. The Hall–Kier alpha value is -2.47. The molecule has 1 aliphatic carbocycles. The molecule has 1 aliphatic rings. The van der Waals surface area contributed by atoms with Gasteiger partial charge in [-0.3, -0.25) is 9.78 Å². The van der Waals surface area contributed by atoms with Crippen LogP contribution in [0.15, 0.2) is 36.5 Å². The van der Waals surface area contributed by atoms with Gasteiger partial charge in [-0.05, 0) is 30.7 Å². The Morgan fingerprint density at radius 1 is 1.27 bits per heavy atom. The highest BCUT2D eigenvalue weighted by Gasteiger charge is 2.48. The fourth-order valence-corrected chi connectivity index (χ4v) is 2.96. The monoisotopic (exact) mass is 300 g/mol. The molecule has 114 valence electrons. The summed E-state index contributed by atoms with van der Waals surface area (Å²) in [7, 11) is 0. The number of benzene rings is 1. The lowest BCUT2D eigenvalue weighted by Gasteiger charge is -2.26. The maximum atomic E-state index is 12.4. The fourth-order valence-electron chi connectivity index (χ4n) is 2.96. The zero-order chi connectivity index (χ0) is 15.7. The zero-order valence-electron chi connectivity index (χ0n) is 11.8. The Bertz CT molecular complexity index is 741. The van der Waals surface area contributed by atoms with Crippen molar-refractivity contribution in [1.29, 1.82) is 0 Å². The average Bonchev–Trinajstić information content (AvgIpc) is 2.89. The zero-order valence-corrected chi connectivity index (χ0v) is 11.8. The number of pyridine rings is 1. The number of carbonyl (C=O) groups excluding carboxylic acids is 1. The van der Waals surface area contributed by atoms with Gasteiger partial charge >= 0.3 is 5.97 Å². The molecule has 1 aromatic carbocycles. The molecule has 6 heteroatoms. The van der Waals surface area contributed by atoms with Gasteiger partial charge in [-0.15, -0.1) is 0 Å². The molecular formula is C16H16N2O4. The molecule has 0 spiro atoms. The number of aromatic nitrogens is 1. The van der Waals surface area contributed by atoms with Crippen LogP contribution in [0.2, 0.25) is 0 Å². The molecule has 3 N–H and O–H groups in total. The fraction of sp³-hybridized carbons (Fsp3) is 0.312. The van der Waals surface area contributed by atoms with Crippen LogP contribution in [0.1, 0.15) is 29.8 Å². The molecule has 2 aromatic rings. The average molecular weight is 300 g/mol. The van der Waals surface area contributed by atoms with Gasteiger partial charge in [-0.25, -0.2) is 4.79 Å². The van der Waals surface area contributed by atoms with Crippen molar-refractivity contribution in [3.05, 3.63) is 42.2 Å². The number of amides is 1. The van der Waals surface area contributed by atoms with E-state index in [2.05, 4.69) is 10.3 Å². The second kappa shape index (κ2) is 5.38. The van der Waals surface area contributed by atoms with Crippen molar-refractivity contribution in [3.63, 3.8) is 0 Å². The molecule has 1 fully saturated rings. The number of rotatable bonds is 3. The number of carboxylic acid groups (broad SMARTS) is 1. The van der Waals surface area contributed by atoms with Crippen LogP contribution in [-0.2, 0) is 4.79 Å². The summed E-state index contributed by atoms with van der Waals surface area (Å²) in [4.78, 5) is 27.8. The van der Waals surface area contributed by atoms with E-state index >= 15 is 0 Å². The molecule has 0 saturated heterocycles. The lowest BCUT2D eigenvalue weighted by Crippen LogP contribution is -2.54. The second-order valence-corrected chi connectivity index (χ2v) is 5.53. The van der Waals surface area contributed by atoms with Crippen molar-refractivity contribution in [1.82, 2.24) is 10.3 Å². The summed E-state index contributed by atoms with van der Waals surface area (Å²) in [6.45, 7) is 0. The molecule has 1 aromatic heterocycles. The van der Waals surface area contributed by atoms with Gasteiger partial charge in [0, 0.05) is 11.6 Å². The minimum Gasteiger partial charge on any atom is -0.479 e. The number of nitrogens with one attached hydrogen (secondary N) is 1. The molecule has 2 unspecified atom stereocenters. The molecule has 2 atom stereocenters. The Morgan fingerprint density at radius 3 is 2.82 bits per heavy atom. The van der Waals surface area contributed by atoms with Crippen LogP contribution in [0.25, 0.3) is 10.8 Å². The quantitative estimate of drug-likeness (QED) is 0.794. The van der Waals surface area contributed by atoms with E-state index in [1.807, 2.05) is 18.2 Å². The largest absolute Gasteiger partial charge is 0.479 e. The highest BCUT2D eigenvalue weighted by Crippen LogP contribution is 2.30. The predicted molar refractivity (Wildman–Crippen MR) is 79.4 cm³/mol. The summed E-state index contributed by atoms with van der Waals surface area (Å²) in [5, 5.41) is 23.6. The summed E-state index contributed by atoms with van der Waals surface area (Å²) < 4.78 is 0. The topological polar surface area (TPSA) is 99.5 Å². The lowest BCUT2D eigenvalue weighted by atomic mass is 9.97. The molecule has 0 bridgehead atoms. The van der Waals surface area contributed by atoms with Crippen LogP contribution in [0.5, 0.6) is 0 Å². The van der Waals surface area contributed by atoms with Crippen molar-refractivity contribution in [2.75, 3.05) is 0 Å². The van der Waals surface area contributed by atoms with E-state index in [1.54, 1.807) is 12.1 Å². The minimum absolute atomic E-state index is 0.135. The molecule has 3 rings (SSSR count). The molecular weight excluding hydrogens is 284 g/mol. The third kappa shape index (κ3) is 2.31. The first kappa shape index (κ1) is 14.5. The van der Waals surface area contributed by atoms with Crippen molar-refractivity contribution in [2.45, 2.75) is 30.9 Å². The van der Waals surface area contributed by atoms with E-state index in [0.717, 1.165) is 5.39 Å². The maximum absolute atomic E-state index is 12.4. The Kier molecular flexibility index (Phi) is 3.54. The van der Waals surface area contributed by atoms with Crippen LogP contribution >= 0.6 is 0 Å². The number of aliphatic hydroxyl groups is 1. The number of aliphatic carboxylic acids is 1. The third-order valence-electron chi connectivity index (χ3n) is 4.19. The highest BCUT2D eigenvalue weighted by molar-refractivity contribution is 6.05. The first-order valence-corrected chi connectivity index (χ1v) is 7.13. The minimum atomic E-state index is -1.90. The summed E-state index contributed by atoms with van der Waals surface area (Å²) in [6.07, 6.45) is 2.65. The van der Waals surface area contributed by atoms with Crippen LogP contribution in [0.4, 0.5) is 0 Å². The number of carbonyl (C=O) groups is 2. The van der Waals surface area contributed by atoms with Gasteiger partial charge in [0.05, 0.1) is 6.04 Å².